The van der Waals surface area contributed by atoms with E-state index in [0.717, 1.165) is 0 Å². The van der Waals surface area contributed by atoms with Crippen molar-refractivity contribution in [3.8, 4) is 0 Å². The Balaban J connectivity index is -0.000000513. The molecular formula is C9H3F12O15S3-3. The second-order valence-corrected chi connectivity index (χ2v) is 7.46. The second-order valence-electron chi connectivity index (χ2n) is 4.86. The number of hydrogen-bond acceptors (Lipinski definition) is 15. The molecule has 0 heterocycles. The van der Waals surface area contributed by atoms with Crippen molar-refractivity contribution in [2.45, 2.75) is 33.5 Å². The van der Waals surface area contributed by atoms with Gasteiger partial charge in [-0.25, -0.2) is 18.8 Å². The minimum atomic E-state index is -6.24. The summed E-state index contributed by atoms with van der Waals surface area (Å²) in [4.78, 5) is 29.5. The van der Waals surface area contributed by atoms with Crippen molar-refractivity contribution in [3.05, 3.63) is 0 Å². The molecule has 0 aromatic carbocycles. The van der Waals surface area contributed by atoms with E-state index in [1.807, 2.05) is 0 Å². The number of aliphatic carboxylic acids is 3. The van der Waals surface area contributed by atoms with Crippen LogP contribution in [0.2, 0.25) is 0 Å². The normalized spacial score (nSPS) is 14.2. The molecule has 39 heavy (non-hydrogen) atoms. The third kappa shape index (κ3) is 12.5. The molecule has 0 aliphatic heterocycles. The van der Waals surface area contributed by atoms with Crippen LogP contribution in [0.25, 0.3) is 0 Å². The Bertz CT molecular complexity index is 764. The van der Waals surface area contributed by atoms with Crippen LogP contribution in [-0.4, -0.2) is 66.8 Å². The molecule has 234 valence electrons. The van der Waals surface area contributed by atoms with E-state index in [4.69, 9.17) is 25.8 Å². The van der Waals surface area contributed by atoms with Crippen LogP contribution >= 0.6 is 36.1 Å². The SMILES string of the molecule is O=C(O)C(F)(F)SOO[O-].O=C(O)C(F)(SOO[O-])C(F)(F)F.O=C(O)C(SOO[O-])(C(F)(F)F)C(F)(F)F. The molecule has 3 N–H and O–H groups in total. The van der Waals surface area contributed by atoms with Crippen LogP contribution in [0.3, 0.4) is 0 Å². The Morgan fingerprint density at radius 3 is 1.08 bits per heavy atom. The predicted octanol–water partition coefficient (Wildman–Crippen LogP) is 0.512. The van der Waals surface area contributed by atoms with Gasteiger partial charge in [-0.1, -0.05) is 0 Å². The molecular weight excluding hydrogens is 672 g/mol. The molecule has 0 aromatic rings. The maximum Gasteiger partial charge on any atom is 0.446 e. The van der Waals surface area contributed by atoms with Crippen molar-refractivity contribution >= 4 is 54.0 Å². The lowest BCUT2D eigenvalue weighted by Gasteiger charge is -2.31. The molecule has 0 radical (unpaired) electrons. The maximum atomic E-state index is 12.5. The van der Waals surface area contributed by atoms with Gasteiger partial charge in [0, 0.05) is 0 Å². The standard InChI is InChI=1S/C4H2F6O5S.C3H2F4O5S.C2H2F2O5S/c5-3(6,7)2(1(11)12,4(8,9)10)16-15-14-13;4-2(1(8)9,3(5,6)7)13-12-11-10;3-2(4,1(5)6)10-9-8-7/h13H,(H,11,12);10H,(H,8,9);7H,(H,5,6)/p-3. The topological polar surface area (TPSA) is 236 Å². The van der Waals surface area contributed by atoms with Crippen molar-refractivity contribution in [3.63, 3.8) is 0 Å². The van der Waals surface area contributed by atoms with E-state index in [2.05, 4.69) is 28.1 Å². The van der Waals surface area contributed by atoms with Gasteiger partial charge in [-0.2, -0.15) is 61.3 Å². The summed E-state index contributed by atoms with van der Waals surface area (Å²) < 4.78 is 147. The van der Waals surface area contributed by atoms with Gasteiger partial charge in [-0.3, -0.25) is 15.1 Å². The molecule has 0 rings (SSSR count). The minimum Gasteiger partial charge on any atom is -0.691 e. The monoisotopic (exact) mass is 675 g/mol. The first-order valence-electron chi connectivity index (χ1n) is 7.16. The summed E-state index contributed by atoms with van der Waals surface area (Å²) in [6.45, 7) is 0. The van der Waals surface area contributed by atoms with E-state index in [0.29, 0.717) is 0 Å². The van der Waals surface area contributed by atoms with Gasteiger partial charge in [0.1, 0.15) is 12.0 Å². The number of hydrogen-bond donors (Lipinski definition) is 3. The fourth-order valence-electron chi connectivity index (χ4n) is 0.955. The van der Waals surface area contributed by atoms with E-state index in [-0.39, 0.29) is 0 Å². The number of rotatable bonds is 12. The molecule has 1 unspecified atom stereocenters. The molecule has 30 heteroatoms. The van der Waals surface area contributed by atoms with Gasteiger partial charge in [0.05, 0.1) is 24.1 Å². The zero-order valence-electron chi connectivity index (χ0n) is 16.5. The van der Waals surface area contributed by atoms with E-state index >= 15 is 0 Å². The Morgan fingerprint density at radius 2 is 0.846 bits per heavy atom. The smallest absolute Gasteiger partial charge is 0.446 e. The van der Waals surface area contributed by atoms with Crippen LogP contribution in [0.5, 0.6) is 0 Å². The van der Waals surface area contributed by atoms with Gasteiger partial charge in [0.25, 0.3) is 0 Å². The summed E-state index contributed by atoms with van der Waals surface area (Å²) in [6.07, 6.45) is -18.2. The summed E-state index contributed by atoms with van der Waals surface area (Å²) in [5.74, 6) is -8.54. The molecule has 0 aliphatic carbocycles. The van der Waals surface area contributed by atoms with Crippen molar-refractivity contribution in [1.29, 1.82) is 0 Å². The summed E-state index contributed by atoms with van der Waals surface area (Å²) in [7, 11) is 0. The van der Waals surface area contributed by atoms with Crippen LogP contribution in [0.1, 0.15) is 0 Å². The average Bonchev–Trinajstić information content (AvgIpc) is 2.74. The Hall–Kier alpha value is -1.74. The lowest BCUT2D eigenvalue weighted by atomic mass is 10.1. The third-order valence-electron chi connectivity index (χ3n) is 2.52. The van der Waals surface area contributed by atoms with Crippen LogP contribution in [0, 0.1) is 0 Å². The molecule has 0 spiro atoms. The summed E-state index contributed by atoms with van der Waals surface area (Å²) in [5.41, 5.74) is 0. The first-order chi connectivity index (χ1) is 17.3. The fraction of sp³-hybridized carbons (Fsp3) is 0.667. The van der Waals surface area contributed by atoms with Crippen molar-refractivity contribution in [2.75, 3.05) is 0 Å². The van der Waals surface area contributed by atoms with Gasteiger partial charge in [0.15, 0.2) is 0 Å². The highest BCUT2D eigenvalue weighted by Crippen LogP contribution is 2.52. The van der Waals surface area contributed by atoms with Crippen LogP contribution < -0.4 is 15.8 Å². The summed E-state index contributed by atoms with van der Waals surface area (Å²) in [5, 5.41) is 49.0. The summed E-state index contributed by atoms with van der Waals surface area (Å²) in [6, 6.07) is 0. The highest BCUT2D eigenvalue weighted by Gasteiger charge is 2.78. The predicted molar refractivity (Wildman–Crippen MR) is 81.9 cm³/mol. The van der Waals surface area contributed by atoms with Gasteiger partial charge >= 0.3 is 51.4 Å². The summed E-state index contributed by atoms with van der Waals surface area (Å²) >= 11 is -3.86. The molecule has 0 saturated carbocycles. The van der Waals surface area contributed by atoms with Crippen LogP contribution in [0.4, 0.5) is 52.7 Å². The molecule has 1 atom stereocenters. The highest BCUT2D eigenvalue weighted by molar-refractivity contribution is 7.97. The largest absolute Gasteiger partial charge is 0.691 e. The van der Waals surface area contributed by atoms with Crippen molar-refractivity contribution in [2.24, 2.45) is 0 Å². The van der Waals surface area contributed by atoms with Gasteiger partial charge in [-0.15, -0.1) is 0 Å². The Morgan fingerprint density at radius 1 is 0.513 bits per heavy atom. The van der Waals surface area contributed by atoms with E-state index in [1.165, 1.54) is 0 Å². The first-order valence-corrected chi connectivity index (χ1v) is 9.39. The molecule has 0 amide bonds. The van der Waals surface area contributed by atoms with Gasteiger partial charge in [0.2, 0.25) is 0 Å². The quantitative estimate of drug-likeness (QED) is 0.111. The van der Waals surface area contributed by atoms with Crippen molar-refractivity contribution in [1.82, 2.24) is 0 Å². The van der Waals surface area contributed by atoms with Gasteiger partial charge in [-0.05, 0) is 0 Å². The molecule has 0 aliphatic rings. The Kier molecular flexibility index (Phi) is 17.7. The highest BCUT2D eigenvalue weighted by atomic mass is 32.2. The zero-order chi connectivity index (χ0) is 32.1. The number of halogens is 12. The maximum absolute atomic E-state index is 12.5. The molecule has 0 fully saturated rings. The van der Waals surface area contributed by atoms with Crippen LogP contribution in [-0.2, 0) is 42.5 Å². The minimum absolute atomic E-state index is 0.881. The van der Waals surface area contributed by atoms with Crippen molar-refractivity contribution < 1.29 is 126 Å². The van der Waals surface area contributed by atoms with Crippen LogP contribution in [0.15, 0.2) is 0 Å². The average molecular weight is 675 g/mol. The lowest BCUT2D eigenvalue weighted by molar-refractivity contribution is -0.777. The molecule has 0 bridgehead atoms. The Labute approximate surface area is 214 Å². The zero-order valence-corrected chi connectivity index (χ0v) is 19.0. The molecule has 15 nitrogen and oxygen atoms in total. The second kappa shape index (κ2) is 16.5. The third-order valence-corrected chi connectivity index (χ3v) is 4.80. The first kappa shape index (κ1) is 41.7. The fourth-order valence-corrected chi connectivity index (χ4v) is 1.82. The van der Waals surface area contributed by atoms with E-state index < -0.39 is 87.6 Å². The lowest BCUT2D eigenvalue weighted by Crippen LogP contribution is -2.60. The number of carbonyl (C=O) groups is 3. The molecule has 0 aromatic heterocycles. The number of alkyl halides is 12. The number of carboxylic acids is 3. The number of carboxylic acid groups (broad SMARTS) is 3. The van der Waals surface area contributed by atoms with Gasteiger partial charge < -0.3 is 31.1 Å². The van der Waals surface area contributed by atoms with E-state index in [1.54, 1.807) is 0 Å². The van der Waals surface area contributed by atoms with E-state index in [9.17, 15) is 72.3 Å². The molecule has 0 saturated heterocycles.